The number of nitrogens with zero attached hydrogens (tertiary/aromatic N) is 2. The predicted molar refractivity (Wildman–Crippen MR) is 88.9 cm³/mol. The van der Waals surface area contributed by atoms with Crippen molar-refractivity contribution in [3.63, 3.8) is 0 Å². The first-order valence-corrected chi connectivity index (χ1v) is 7.41. The fraction of sp³-hybridized carbons (Fsp3) is 0.250. The minimum absolute atomic E-state index is 0.0198. The number of benzene rings is 1. The number of ether oxygens (including phenoxy) is 1. The molecule has 3 N–H and O–H groups in total. The molecule has 0 saturated carbocycles. The minimum Gasteiger partial charge on any atom is -0.481 e. The summed E-state index contributed by atoms with van der Waals surface area (Å²) in [7, 11) is 1.26. The van der Waals surface area contributed by atoms with Crippen molar-refractivity contribution >= 4 is 23.7 Å². The van der Waals surface area contributed by atoms with Crippen LogP contribution >= 0.6 is 0 Å². The van der Waals surface area contributed by atoms with Gasteiger partial charge in [-0.1, -0.05) is 0 Å². The highest BCUT2D eigenvalue weighted by molar-refractivity contribution is 5.96. The standard InChI is InChI=1S/C16H18N4O5/c1-10-8-18-20(9-10)13-4-3-11(15(23)25-2)7-12(13)19-16(24)17-6-5-14(21)22/h3-4,7-9H,5-6H2,1-2H3,(H,21,22)(H2,17,19,24). The van der Waals surface area contributed by atoms with Crippen LogP contribution in [0.1, 0.15) is 22.3 Å². The molecule has 1 heterocycles. The SMILES string of the molecule is COC(=O)c1ccc(-n2cc(C)cn2)c(NC(=O)NCCC(=O)O)c1. The van der Waals surface area contributed by atoms with Gasteiger partial charge in [-0.05, 0) is 30.7 Å². The normalized spacial score (nSPS) is 10.2. The maximum absolute atomic E-state index is 12.0. The highest BCUT2D eigenvalue weighted by atomic mass is 16.5. The van der Waals surface area contributed by atoms with Crippen LogP contribution in [0.2, 0.25) is 0 Å². The molecule has 2 amide bonds. The maximum atomic E-state index is 12.0. The highest BCUT2D eigenvalue weighted by Crippen LogP contribution is 2.22. The molecule has 1 aromatic carbocycles. The quantitative estimate of drug-likeness (QED) is 0.682. The second-order valence-corrected chi connectivity index (χ2v) is 5.21. The van der Waals surface area contributed by atoms with Gasteiger partial charge in [0.15, 0.2) is 0 Å². The van der Waals surface area contributed by atoms with Crippen LogP contribution in [0.5, 0.6) is 0 Å². The molecule has 2 aromatic rings. The first-order valence-electron chi connectivity index (χ1n) is 7.41. The molecule has 132 valence electrons. The molecule has 0 saturated heterocycles. The van der Waals surface area contributed by atoms with Gasteiger partial charge in [-0.3, -0.25) is 4.79 Å². The molecule has 9 nitrogen and oxygen atoms in total. The molecule has 2 rings (SSSR count). The third kappa shape index (κ3) is 4.80. The van der Waals surface area contributed by atoms with Gasteiger partial charge in [0, 0.05) is 12.7 Å². The van der Waals surface area contributed by atoms with E-state index in [1.165, 1.54) is 13.2 Å². The van der Waals surface area contributed by atoms with Crippen LogP contribution < -0.4 is 10.6 Å². The molecule has 0 aliphatic rings. The second kappa shape index (κ2) is 7.95. The lowest BCUT2D eigenvalue weighted by Crippen LogP contribution is -2.31. The summed E-state index contributed by atoms with van der Waals surface area (Å²) in [4.78, 5) is 34.2. The molecule has 1 aromatic heterocycles. The Balaban J connectivity index is 2.26. The summed E-state index contributed by atoms with van der Waals surface area (Å²) in [5.74, 6) is -1.56. The zero-order valence-corrected chi connectivity index (χ0v) is 13.8. The van der Waals surface area contributed by atoms with Crippen LogP contribution in [-0.2, 0) is 9.53 Å². The largest absolute Gasteiger partial charge is 0.481 e. The number of esters is 1. The molecular weight excluding hydrogens is 328 g/mol. The van der Waals surface area contributed by atoms with Crippen molar-refractivity contribution in [3.05, 3.63) is 41.7 Å². The Morgan fingerprint density at radius 2 is 2.08 bits per heavy atom. The Morgan fingerprint density at radius 3 is 2.68 bits per heavy atom. The number of methoxy groups -OCH3 is 1. The highest BCUT2D eigenvalue weighted by Gasteiger charge is 2.14. The number of urea groups is 1. The van der Waals surface area contributed by atoms with Crippen molar-refractivity contribution in [2.75, 3.05) is 19.0 Å². The molecule has 0 spiro atoms. The van der Waals surface area contributed by atoms with E-state index in [-0.39, 0.29) is 18.5 Å². The Hall–Kier alpha value is -3.36. The minimum atomic E-state index is -1.01. The van der Waals surface area contributed by atoms with Gasteiger partial charge in [0.25, 0.3) is 0 Å². The van der Waals surface area contributed by atoms with E-state index < -0.39 is 18.0 Å². The van der Waals surface area contributed by atoms with E-state index in [1.54, 1.807) is 29.2 Å². The summed E-state index contributed by atoms with van der Waals surface area (Å²) in [6, 6.07) is 4.07. The molecule has 25 heavy (non-hydrogen) atoms. The van der Waals surface area contributed by atoms with Crippen LogP contribution in [0.3, 0.4) is 0 Å². The number of anilines is 1. The monoisotopic (exact) mass is 346 g/mol. The average Bonchev–Trinajstić information content (AvgIpc) is 2.99. The number of hydrogen-bond acceptors (Lipinski definition) is 5. The van der Waals surface area contributed by atoms with Crippen molar-refractivity contribution in [1.82, 2.24) is 15.1 Å². The smallest absolute Gasteiger partial charge is 0.337 e. The first kappa shape index (κ1) is 18.0. The third-order valence-electron chi connectivity index (χ3n) is 3.25. The van der Waals surface area contributed by atoms with E-state index in [0.717, 1.165) is 5.56 Å². The van der Waals surface area contributed by atoms with Gasteiger partial charge in [0.1, 0.15) is 0 Å². The van der Waals surface area contributed by atoms with Crippen LogP contribution in [0.15, 0.2) is 30.6 Å². The van der Waals surface area contributed by atoms with Crippen molar-refractivity contribution in [1.29, 1.82) is 0 Å². The fourth-order valence-electron chi connectivity index (χ4n) is 2.07. The van der Waals surface area contributed by atoms with Crippen LogP contribution in [0, 0.1) is 6.92 Å². The summed E-state index contributed by atoms with van der Waals surface area (Å²) in [5, 5.41) is 17.8. The Labute approximate surface area is 143 Å². The van der Waals surface area contributed by atoms with Crippen LogP contribution in [-0.4, -0.2) is 46.5 Å². The number of carboxylic acids is 1. The number of amides is 2. The fourth-order valence-corrected chi connectivity index (χ4v) is 2.07. The molecule has 0 aliphatic heterocycles. The average molecular weight is 346 g/mol. The molecule has 9 heteroatoms. The first-order chi connectivity index (χ1) is 11.9. The number of carboxylic acid groups (broad SMARTS) is 1. The lowest BCUT2D eigenvalue weighted by atomic mass is 10.1. The summed E-state index contributed by atoms with van der Waals surface area (Å²) in [5.41, 5.74) is 2.07. The van der Waals surface area contributed by atoms with Crippen LogP contribution in [0.4, 0.5) is 10.5 Å². The molecule has 0 bridgehead atoms. The summed E-state index contributed by atoms with van der Waals surface area (Å²) in [6.07, 6.45) is 3.23. The van der Waals surface area contributed by atoms with Crippen molar-refractivity contribution in [2.24, 2.45) is 0 Å². The lowest BCUT2D eigenvalue weighted by Gasteiger charge is -2.13. The number of hydrogen-bond donors (Lipinski definition) is 3. The molecular formula is C16H18N4O5. The van der Waals surface area contributed by atoms with Gasteiger partial charge in [-0.2, -0.15) is 5.10 Å². The number of carbonyl (C=O) groups excluding carboxylic acids is 2. The van der Waals surface area contributed by atoms with Crippen LogP contribution in [0.25, 0.3) is 5.69 Å². The van der Waals surface area contributed by atoms with E-state index >= 15 is 0 Å². The number of rotatable bonds is 6. The summed E-state index contributed by atoms with van der Waals surface area (Å²) >= 11 is 0. The molecule has 0 atom stereocenters. The molecule has 0 aliphatic carbocycles. The number of aryl methyl sites for hydroxylation is 1. The topological polar surface area (TPSA) is 123 Å². The zero-order chi connectivity index (χ0) is 18.4. The summed E-state index contributed by atoms with van der Waals surface area (Å²) in [6.45, 7) is 1.85. The van der Waals surface area contributed by atoms with Crippen molar-refractivity contribution in [3.8, 4) is 5.69 Å². The van der Waals surface area contributed by atoms with Gasteiger partial charge < -0.3 is 20.5 Å². The van der Waals surface area contributed by atoms with Gasteiger partial charge in [-0.25, -0.2) is 14.3 Å². The Morgan fingerprint density at radius 1 is 1.32 bits per heavy atom. The Kier molecular flexibility index (Phi) is 5.72. The van der Waals surface area contributed by atoms with E-state index in [4.69, 9.17) is 5.11 Å². The molecule has 0 radical (unpaired) electrons. The van der Waals surface area contributed by atoms with Gasteiger partial charge >= 0.3 is 18.0 Å². The van der Waals surface area contributed by atoms with E-state index in [1.807, 2.05) is 6.92 Å². The van der Waals surface area contributed by atoms with E-state index in [0.29, 0.717) is 11.4 Å². The zero-order valence-electron chi connectivity index (χ0n) is 13.8. The number of aliphatic carboxylic acids is 1. The van der Waals surface area contributed by atoms with Gasteiger partial charge in [0.05, 0.1) is 36.7 Å². The van der Waals surface area contributed by atoms with Gasteiger partial charge in [-0.15, -0.1) is 0 Å². The molecule has 0 unspecified atom stereocenters. The second-order valence-electron chi connectivity index (χ2n) is 5.21. The van der Waals surface area contributed by atoms with E-state index in [9.17, 15) is 14.4 Å². The van der Waals surface area contributed by atoms with Crippen molar-refractivity contribution < 1.29 is 24.2 Å². The van der Waals surface area contributed by atoms with Crippen molar-refractivity contribution in [2.45, 2.75) is 13.3 Å². The van der Waals surface area contributed by atoms with Gasteiger partial charge in [0.2, 0.25) is 0 Å². The summed E-state index contributed by atoms with van der Waals surface area (Å²) < 4.78 is 6.24. The third-order valence-corrected chi connectivity index (χ3v) is 3.25. The maximum Gasteiger partial charge on any atom is 0.337 e. The van der Waals surface area contributed by atoms with E-state index in [2.05, 4.69) is 20.5 Å². The molecule has 0 fully saturated rings. The number of aromatic nitrogens is 2. The lowest BCUT2D eigenvalue weighted by molar-refractivity contribution is -0.136. The number of carbonyl (C=O) groups is 3. The predicted octanol–water partition coefficient (Wildman–Crippen LogP) is 1.56. The number of nitrogens with one attached hydrogen (secondary N) is 2. The Bertz CT molecular complexity index is 800.